The van der Waals surface area contributed by atoms with Crippen molar-refractivity contribution in [2.45, 2.75) is 11.3 Å². The third kappa shape index (κ3) is 5.97. The zero-order valence-electron chi connectivity index (χ0n) is 17.9. The Hall–Kier alpha value is -4.22. The van der Waals surface area contributed by atoms with E-state index in [-0.39, 0.29) is 23.7 Å². The molecule has 0 heterocycles. The molecule has 0 aromatic heterocycles. The van der Waals surface area contributed by atoms with Crippen molar-refractivity contribution < 1.29 is 23.1 Å². The maximum atomic E-state index is 13.0. The molecule has 0 radical (unpaired) electrons. The average Bonchev–Trinajstić information content (AvgIpc) is 2.79. The smallest absolute Gasteiger partial charge is 0.326 e. The molecule has 2 amide bonds. The topological polar surface area (TPSA) is 180 Å². The van der Waals surface area contributed by atoms with Crippen molar-refractivity contribution in [2.24, 2.45) is 10.9 Å². The van der Waals surface area contributed by atoms with Crippen molar-refractivity contribution in [3.63, 3.8) is 0 Å². The SMILES string of the molecule is N=C(N)c1cccc(N(CCC(=O)O)C(=O)Nc2ccc(-c3ccccc3S(N)(=O)=O)cc2)c1. The van der Waals surface area contributed by atoms with Crippen LogP contribution in [0, 0.1) is 5.41 Å². The number of carboxylic acids is 1. The molecule has 176 valence electrons. The minimum Gasteiger partial charge on any atom is -0.481 e. The third-order valence-corrected chi connectivity index (χ3v) is 5.87. The monoisotopic (exact) mass is 481 g/mol. The summed E-state index contributed by atoms with van der Waals surface area (Å²) in [5.41, 5.74) is 7.71. The summed E-state index contributed by atoms with van der Waals surface area (Å²) in [6.07, 6.45) is -0.291. The molecule has 11 heteroatoms. The number of rotatable bonds is 8. The number of nitrogens with two attached hydrogens (primary N) is 2. The number of amidine groups is 1. The van der Waals surface area contributed by atoms with E-state index >= 15 is 0 Å². The normalized spacial score (nSPS) is 11.0. The maximum Gasteiger partial charge on any atom is 0.326 e. The van der Waals surface area contributed by atoms with Gasteiger partial charge in [0.05, 0.1) is 11.3 Å². The lowest BCUT2D eigenvalue weighted by atomic mass is 10.1. The van der Waals surface area contributed by atoms with Gasteiger partial charge in [0.25, 0.3) is 0 Å². The molecule has 0 bridgehead atoms. The van der Waals surface area contributed by atoms with Gasteiger partial charge >= 0.3 is 12.0 Å². The molecular weight excluding hydrogens is 458 g/mol. The fourth-order valence-electron chi connectivity index (χ4n) is 3.27. The van der Waals surface area contributed by atoms with Crippen LogP contribution in [0.25, 0.3) is 11.1 Å². The summed E-state index contributed by atoms with van der Waals surface area (Å²) in [5, 5.41) is 24.7. The van der Waals surface area contributed by atoms with Gasteiger partial charge in [-0.05, 0) is 35.9 Å². The van der Waals surface area contributed by atoms with E-state index in [0.29, 0.717) is 28.1 Å². The number of nitrogens with zero attached hydrogens (tertiary/aromatic N) is 1. The molecule has 0 aliphatic rings. The van der Waals surface area contributed by atoms with Crippen LogP contribution in [0.3, 0.4) is 0 Å². The van der Waals surface area contributed by atoms with Crippen LogP contribution in [0.1, 0.15) is 12.0 Å². The van der Waals surface area contributed by atoms with Crippen molar-refractivity contribution in [1.29, 1.82) is 5.41 Å². The molecule has 3 rings (SSSR count). The van der Waals surface area contributed by atoms with Crippen molar-refractivity contribution in [1.82, 2.24) is 0 Å². The van der Waals surface area contributed by atoms with Gasteiger partial charge in [-0.15, -0.1) is 0 Å². The quantitative estimate of drug-likeness (QED) is 0.244. The zero-order chi connectivity index (χ0) is 24.9. The van der Waals surface area contributed by atoms with Crippen molar-refractivity contribution in [3.05, 3.63) is 78.4 Å². The molecule has 0 aliphatic heterocycles. The lowest BCUT2D eigenvalue weighted by molar-refractivity contribution is -0.136. The first-order valence-corrected chi connectivity index (χ1v) is 11.6. The Bertz CT molecular complexity index is 1340. The summed E-state index contributed by atoms with van der Waals surface area (Å²) in [6.45, 7) is -0.109. The highest BCUT2D eigenvalue weighted by Gasteiger charge is 2.19. The first-order valence-electron chi connectivity index (χ1n) is 10.0. The summed E-state index contributed by atoms with van der Waals surface area (Å²) in [6, 6.07) is 18.5. The number of nitrogens with one attached hydrogen (secondary N) is 2. The Morgan fingerprint density at radius 3 is 2.29 bits per heavy atom. The number of hydrogen-bond acceptors (Lipinski definition) is 5. The van der Waals surface area contributed by atoms with Crippen LogP contribution in [0.15, 0.2) is 77.7 Å². The molecule has 0 saturated carbocycles. The number of anilines is 2. The Kier molecular flexibility index (Phi) is 7.29. The maximum absolute atomic E-state index is 13.0. The van der Waals surface area contributed by atoms with Gasteiger partial charge in [0, 0.05) is 29.0 Å². The van der Waals surface area contributed by atoms with E-state index in [1.54, 1.807) is 60.7 Å². The number of hydrogen-bond donors (Lipinski definition) is 5. The fraction of sp³-hybridized carbons (Fsp3) is 0.0870. The Morgan fingerprint density at radius 1 is 1.00 bits per heavy atom. The molecule has 0 aliphatic carbocycles. The number of aliphatic carboxylic acids is 1. The molecule has 3 aromatic rings. The highest BCUT2D eigenvalue weighted by Crippen LogP contribution is 2.28. The van der Waals surface area contributed by atoms with Gasteiger partial charge in [0.15, 0.2) is 0 Å². The van der Waals surface area contributed by atoms with Gasteiger partial charge in [-0.3, -0.25) is 15.1 Å². The van der Waals surface area contributed by atoms with Gasteiger partial charge < -0.3 is 16.2 Å². The molecule has 0 saturated heterocycles. The number of carbonyl (C=O) groups excluding carboxylic acids is 1. The van der Waals surface area contributed by atoms with Gasteiger partial charge in [-0.2, -0.15) is 0 Å². The average molecular weight is 482 g/mol. The second-order valence-electron chi connectivity index (χ2n) is 7.31. The summed E-state index contributed by atoms with van der Waals surface area (Å²) in [4.78, 5) is 25.3. The first-order chi connectivity index (χ1) is 16.1. The van der Waals surface area contributed by atoms with E-state index in [4.69, 9.17) is 21.4 Å². The minimum absolute atomic E-state index is 0.0167. The fourth-order valence-corrected chi connectivity index (χ4v) is 4.03. The van der Waals surface area contributed by atoms with Crippen molar-refractivity contribution in [2.75, 3.05) is 16.8 Å². The Balaban J connectivity index is 1.86. The molecule has 34 heavy (non-hydrogen) atoms. The number of carboxylic acid groups (broad SMARTS) is 1. The molecule has 0 unspecified atom stereocenters. The Labute approximate surface area is 196 Å². The second-order valence-corrected chi connectivity index (χ2v) is 8.84. The van der Waals surface area contributed by atoms with E-state index in [1.165, 1.54) is 17.0 Å². The summed E-state index contributed by atoms with van der Waals surface area (Å²) < 4.78 is 23.8. The van der Waals surface area contributed by atoms with Gasteiger partial charge in [0.1, 0.15) is 5.84 Å². The summed E-state index contributed by atoms with van der Waals surface area (Å²) >= 11 is 0. The second kappa shape index (κ2) is 10.1. The molecular formula is C23H23N5O5S. The predicted molar refractivity (Wildman–Crippen MR) is 129 cm³/mol. The minimum atomic E-state index is -3.92. The largest absolute Gasteiger partial charge is 0.481 e. The molecule has 10 nitrogen and oxygen atoms in total. The zero-order valence-corrected chi connectivity index (χ0v) is 18.7. The summed E-state index contributed by atoms with van der Waals surface area (Å²) in [5.74, 6) is -1.26. The summed E-state index contributed by atoms with van der Waals surface area (Å²) in [7, 11) is -3.92. The molecule has 3 aromatic carbocycles. The number of urea groups is 1. The van der Waals surface area contributed by atoms with Crippen LogP contribution in [-0.4, -0.2) is 37.9 Å². The lowest BCUT2D eigenvalue weighted by Crippen LogP contribution is -2.36. The van der Waals surface area contributed by atoms with E-state index < -0.39 is 22.0 Å². The number of benzene rings is 3. The molecule has 0 atom stereocenters. The van der Waals surface area contributed by atoms with Crippen molar-refractivity contribution in [3.8, 4) is 11.1 Å². The van der Waals surface area contributed by atoms with Crippen LogP contribution in [0.2, 0.25) is 0 Å². The lowest BCUT2D eigenvalue weighted by Gasteiger charge is -2.23. The van der Waals surface area contributed by atoms with Crippen LogP contribution in [0.4, 0.5) is 16.2 Å². The van der Waals surface area contributed by atoms with Crippen LogP contribution >= 0.6 is 0 Å². The molecule has 7 N–H and O–H groups in total. The highest BCUT2D eigenvalue weighted by atomic mass is 32.2. The van der Waals surface area contributed by atoms with E-state index in [9.17, 15) is 18.0 Å². The van der Waals surface area contributed by atoms with E-state index in [0.717, 1.165) is 0 Å². The standard InChI is InChI=1S/C23H23N5O5S/c24-22(25)16-4-3-5-18(14-16)28(13-12-21(29)30)23(31)27-17-10-8-15(9-11-17)19-6-1-2-7-20(19)34(26,32)33/h1-11,14H,12-13H2,(H3,24,25)(H,27,31)(H,29,30)(H2,26,32,33). The molecule has 0 spiro atoms. The van der Waals surface area contributed by atoms with Gasteiger partial charge in [-0.25, -0.2) is 18.4 Å². The highest BCUT2D eigenvalue weighted by molar-refractivity contribution is 7.89. The third-order valence-electron chi connectivity index (χ3n) is 4.90. The van der Waals surface area contributed by atoms with Crippen LogP contribution in [0.5, 0.6) is 0 Å². The van der Waals surface area contributed by atoms with Gasteiger partial charge in [-0.1, -0.05) is 42.5 Å². The van der Waals surface area contributed by atoms with E-state index in [2.05, 4.69) is 5.32 Å². The Morgan fingerprint density at radius 2 is 1.68 bits per heavy atom. The van der Waals surface area contributed by atoms with Crippen LogP contribution in [-0.2, 0) is 14.8 Å². The molecule has 0 fully saturated rings. The number of primary sulfonamides is 1. The van der Waals surface area contributed by atoms with Gasteiger partial charge in [0.2, 0.25) is 10.0 Å². The predicted octanol–water partition coefficient (Wildman–Crippen LogP) is 2.80. The number of carbonyl (C=O) groups is 2. The number of sulfonamides is 1. The van der Waals surface area contributed by atoms with Crippen molar-refractivity contribution >= 4 is 39.2 Å². The number of amides is 2. The van der Waals surface area contributed by atoms with E-state index in [1.807, 2.05) is 0 Å². The first kappa shape index (κ1) is 24.4. The van der Waals surface area contributed by atoms with Crippen LogP contribution < -0.4 is 21.1 Å². The number of nitrogen functional groups attached to an aromatic ring is 1.